The predicted molar refractivity (Wildman–Crippen MR) is 86.4 cm³/mol. The summed E-state index contributed by atoms with van der Waals surface area (Å²) in [5.41, 5.74) is 0.00338. The smallest absolute Gasteiger partial charge is 0.223 e. The Morgan fingerprint density at radius 2 is 2.18 bits per heavy atom. The van der Waals surface area contributed by atoms with Crippen LogP contribution < -0.4 is 0 Å². The van der Waals surface area contributed by atoms with Crippen molar-refractivity contribution in [3.63, 3.8) is 0 Å². The van der Waals surface area contributed by atoms with Crippen molar-refractivity contribution in [2.24, 2.45) is 0 Å². The number of piperidine rings is 2. The fourth-order valence-electron chi connectivity index (χ4n) is 4.08. The number of likely N-dealkylation sites (tertiary alicyclic amines) is 2. The fraction of sp³-hybridized carbons (Fsp3) is 0.611. The maximum atomic E-state index is 12.4. The van der Waals surface area contributed by atoms with Crippen LogP contribution in [-0.2, 0) is 11.3 Å². The molecule has 2 aliphatic heterocycles. The van der Waals surface area contributed by atoms with Gasteiger partial charge in [0.2, 0.25) is 5.91 Å². The second-order valence-corrected chi connectivity index (χ2v) is 6.70. The maximum absolute atomic E-state index is 12.4. The van der Waals surface area contributed by atoms with Crippen molar-refractivity contribution in [2.45, 2.75) is 51.1 Å². The summed E-state index contributed by atoms with van der Waals surface area (Å²) < 4.78 is 5.72. The molecule has 3 heterocycles. The molecular weight excluding hydrogens is 276 g/mol. The topological polar surface area (TPSA) is 36.7 Å². The molecule has 0 radical (unpaired) electrons. The predicted octanol–water partition coefficient (Wildman–Crippen LogP) is 3.12. The van der Waals surface area contributed by atoms with E-state index in [0.29, 0.717) is 18.9 Å². The highest BCUT2D eigenvalue weighted by molar-refractivity contribution is 5.78. The zero-order valence-electron chi connectivity index (χ0n) is 13.5. The second-order valence-electron chi connectivity index (χ2n) is 6.70. The summed E-state index contributed by atoms with van der Waals surface area (Å²) in [6.07, 6.45) is 6.92. The average Bonchev–Trinajstić information content (AvgIpc) is 2.89. The molecule has 4 heteroatoms. The largest absolute Gasteiger partial charge is 0.465 e. The second kappa shape index (κ2) is 6.29. The minimum Gasteiger partial charge on any atom is -0.465 e. The molecule has 1 amide bonds. The van der Waals surface area contributed by atoms with Crippen molar-refractivity contribution >= 4 is 5.91 Å². The molecule has 0 bridgehead atoms. The van der Waals surface area contributed by atoms with E-state index in [1.165, 1.54) is 0 Å². The van der Waals surface area contributed by atoms with E-state index in [1.807, 2.05) is 19.1 Å². The van der Waals surface area contributed by atoms with Crippen LogP contribution in [0.3, 0.4) is 0 Å². The Kier molecular flexibility index (Phi) is 4.39. The molecule has 0 unspecified atom stereocenters. The zero-order chi connectivity index (χ0) is 15.6. The van der Waals surface area contributed by atoms with Crippen molar-refractivity contribution in [3.8, 4) is 0 Å². The van der Waals surface area contributed by atoms with E-state index in [9.17, 15) is 4.79 Å². The molecule has 1 spiro atoms. The molecular formula is C18H26N2O2. The molecule has 4 nitrogen and oxygen atoms in total. The summed E-state index contributed by atoms with van der Waals surface area (Å²) in [6.45, 7) is 9.36. The highest BCUT2D eigenvalue weighted by atomic mass is 16.3. The lowest BCUT2D eigenvalue weighted by Gasteiger charge is -2.52. The van der Waals surface area contributed by atoms with Crippen LogP contribution in [0.1, 0.15) is 43.6 Å². The van der Waals surface area contributed by atoms with E-state index in [0.717, 1.165) is 56.8 Å². The van der Waals surface area contributed by atoms with E-state index in [2.05, 4.69) is 22.4 Å². The van der Waals surface area contributed by atoms with Gasteiger partial charge in [-0.25, -0.2) is 0 Å². The van der Waals surface area contributed by atoms with Crippen molar-refractivity contribution in [1.82, 2.24) is 9.80 Å². The fourth-order valence-corrected chi connectivity index (χ4v) is 4.08. The van der Waals surface area contributed by atoms with Gasteiger partial charge in [-0.2, -0.15) is 0 Å². The quantitative estimate of drug-likeness (QED) is 0.802. The summed E-state index contributed by atoms with van der Waals surface area (Å²) in [4.78, 5) is 16.9. The van der Waals surface area contributed by atoms with Gasteiger partial charge in [-0.15, -0.1) is 6.58 Å². The van der Waals surface area contributed by atoms with Crippen LogP contribution in [-0.4, -0.2) is 40.9 Å². The van der Waals surface area contributed by atoms with E-state index < -0.39 is 0 Å². The van der Waals surface area contributed by atoms with Crippen LogP contribution in [0.5, 0.6) is 0 Å². The van der Waals surface area contributed by atoms with Gasteiger partial charge >= 0.3 is 0 Å². The monoisotopic (exact) mass is 302 g/mol. The zero-order valence-corrected chi connectivity index (χ0v) is 13.5. The standard InChI is InChI=1S/C18H26N2O2/c1-3-11-20-17(21)6-4-9-18(20)10-5-12-19(14-18)13-16-8-7-15(2)22-16/h3,7-8H,1,4-6,9-14H2,2H3/t18-/m0/s1. The van der Waals surface area contributed by atoms with Gasteiger partial charge in [-0.05, 0) is 51.3 Å². The number of rotatable bonds is 4. The van der Waals surface area contributed by atoms with Crippen LogP contribution >= 0.6 is 0 Å². The molecule has 0 saturated carbocycles. The lowest BCUT2D eigenvalue weighted by atomic mass is 9.79. The van der Waals surface area contributed by atoms with Crippen molar-refractivity contribution in [1.29, 1.82) is 0 Å². The molecule has 2 saturated heterocycles. The Morgan fingerprint density at radius 3 is 2.91 bits per heavy atom. The van der Waals surface area contributed by atoms with Gasteiger partial charge in [0.15, 0.2) is 0 Å². The highest BCUT2D eigenvalue weighted by Gasteiger charge is 2.44. The summed E-state index contributed by atoms with van der Waals surface area (Å²) in [5, 5.41) is 0. The first-order valence-corrected chi connectivity index (χ1v) is 8.32. The van der Waals surface area contributed by atoms with Crippen LogP contribution in [0.25, 0.3) is 0 Å². The van der Waals surface area contributed by atoms with E-state index in [4.69, 9.17) is 4.42 Å². The first-order chi connectivity index (χ1) is 10.6. The summed E-state index contributed by atoms with van der Waals surface area (Å²) in [5.74, 6) is 2.27. The number of hydrogen-bond acceptors (Lipinski definition) is 3. The maximum Gasteiger partial charge on any atom is 0.223 e. The van der Waals surface area contributed by atoms with Crippen LogP contribution in [0.2, 0.25) is 0 Å². The van der Waals surface area contributed by atoms with Gasteiger partial charge in [0.25, 0.3) is 0 Å². The Morgan fingerprint density at radius 1 is 1.36 bits per heavy atom. The third-order valence-electron chi connectivity index (χ3n) is 5.03. The minimum atomic E-state index is 0.00338. The number of amides is 1. The van der Waals surface area contributed by atoms with Gasteiger partial charge in [-0.3, -0.25) is 9.69 Å². The first-order valence-electron chi connectivity index (χ1n) is 8.32. The molecule has 120 valence electrons. The van der Waals surface area contributed by atoms with Crippen LogP contribution in [0.15, 0.2) is 29.2 Å². The molecule has 1 aromatic heterocycles. The van der Waals surface area contributed by atoms with Gasteiger partial charge in [-0.1, -0.05) is 6.08 Å². The van der Waals surface area contributed by atoms with Gasteiger partial charge < -0.3 is 9.32 Å². The number of aryl methyl sites for hydroxylation is 1. The lowest BCUT2D eigenvalue weighted by molar-refractivity contribution is -0.144. The van der Waals surface area contributed by atoms with E-state index >= 15 is 0 Å². The van der Waals surface area contributed by atoms with Crippen molar-refractivity contribution < 1.29 is 9.21 Å². The number of nitrogens with zero attached hydrogens (tertiary/aromatic N) is 2. The van der Waals surface area contributed by atoms with Crippen LogP contribution in [0, 0.1) is 6.92 Å². The first kappa shape index (κ1) is 15.3. The molecule has 1 atom stereocenters. The van der Waals surface area contributed by atoms with E-state index in [-0.39, 0.29) is 5.54 Å². The Balaban J connectivity index is 1.74. The number of carbonyl (C=O) groups excluding carboxylic acids is 1. The average molecular weight is 302 g/mol. The lowest BCUT2D eigenvalue weighted by Crippen LogP contribution is -2.62. The number of carbonyl (C=O) groups is 1. The normalized spacial score (nSPS) is 26.6. The molecule has 3 rings (SSSR count). The Labute approximate surface area is 132 Å². The molecule has 22 heavy (non-hydrogen) atoms. The summed E-state index contributed by atoms with van der Waals surface area (Å²) in [6, 6.07) is 4.08. The highest BCUT2D eigenvalue weighted by Crippen LogP contribution is 2.37. The third-order valence-corrected chi connectivity index (χ3v) is 5.03. The minimum absolute atomic E-state index is 0.00338. The Hall–Kier alpha value is -1.55. The SMILES string of the molecule is C=CCN1C(=O)CCC[C@@]12CCCN(Cc1ccc(C)o1)C2. The van der Waals surface area contributed by atoms with E-state index in [1.54, 1.807) is 0 Å². The molecule has 0 aromatic carbocycles. The molecule has 0 aliphatic carbocycles. The number of hydrogen-bond donors (Lipinski definition) is 0. The number of furan rings is 1. The summed E-state index contributed by atoms with van der Waals surface area (Å²) in [7, 11) is 0. The van der Waals surface area contributed by atoms with Gasteiger partial charge in [0.05, 0.1) is 12.1 Å². The molecule has 2 aliphatic rings. The Bertz CT molecular complexity index is 547. The van der Waals surface area contributed by atoms with Crippen molar-refractivity contribution in [2.75, 3.05) is 19.6 Å². The van der Waals surface area contributed by atoms with Crippen LogP contribution in [0.4, 0.5) is 0 Å². The van der Waals surface area contributed by atoms with Crippen molar-refractivity contribution in [3.05, 3.63) is 36.3 Å². The third kappa shape index (κ3) is 2.98. The van der Waals surface area contributed by atoms with Gasteiger partial charge in [0.1, 0.15) is 11.5 Å². The molecule has 1 aromatic rings. The van der Waals surface area contributed by atoms with Gasteiger partial charge in [0, 0.05) is 19.5 Å². The molecule has 2 fully saturated rings. The summed E-state index contributed by atoms with van der Waals surface area (Å²) >= 11 is 0. The molecule has 0 N–H and O–H groups in total.